The molecule has 0 fully saturated rings. The molecule has 0 aliphatic carbocycles. The minimum Gasteiger partial charge on any atom is -0.340 e. The molecule has 0 aliphatic heterocycles. The molecule has 1 amide bonds. The van der Waals surface area contributed by atoms with Crippen molar-refractivity contribution in [2.75, 3.05) is 13.1 Å². The van der Waals surface area contributed by atoms with Crippen LogP contribution in [0.3, 0.4) is 0 Å². The summed E-state index contributed by atoms with van der Waals surface area (Å²) < 4.78 is 0. The van der Waals surface area contributed by atoms with Gasteiger partial charge < -0.3 is 10.6 Å². The van der Waals surface area contributed by atoms with E-state index in [1.807, 2.05) is 37.3 Å². The van der Waals surface area contributed by atoms with Crippen molar-refractivity contribution in [1.29, 1.82) is 5.26 Å². The van der Waals surface area contributed by atoms with E-state index in [0.29, 0.717) is 13.1 Å². The molecule has 0 saturated heterocycles. The summed E-state index contributed by atoms with van der Waals surface area (Å²) in [6.07, 6.45) is 0. The standard InChI is InChI=1S/C14H19N3O/c1-3-17(10-11(2)9-15)14(18)13(16)12-7-5-4-6-8-12/h4-8,11,13H,3,10,16H2,1-2H3/t11?,13-/m1/s1. The van der Waals surface area contributed by atoms with Gasteiger partial charge in [-0.2, -0.15) is 5.26 Å². The van der Waals surface area contributed by atoms with E-state index in [1.54, 1.807) is 11.8 Å². The van der Waals surface area contributed by atoms with E-state index in [0.717, 1.165) is 5.56 Å². The van der Waals surface area contributed by atoms with Crippen molar-refractivity contribution in [2.24, 2.45) is 11.7 Å². The van der Waals surface area contributed by atoms with Gasteiger partial charge in [-0.25, -0.2) is 0 Å². The first kappa shape index (κ1) is 14.2. The van der Waals surface area contributed by atoms with Crippen LogP contribution in [0.5, 0.6) is 0 Å². The van der Waals surface area contributed by atoms with E-state index < -0.39 is 6.04 Å². The molecule has 1 aromatic carbocycles. The van der Waals surface area contributed by atoms with E-state index in [-0.39, 0.29) is 11.8 Å². The predicted octanol–water partition coefficient (Wildman–Crippen LogP) is 1.69. The molecule has 1 rings (SSSR count). The summed E-state index contributed by atoms with van der Waals surface area (Å²) in [6.45, 7) is 4.67. The van der Waals surface area contributed by atoms with E-state index >= 15 is 0 Å². The van der Waals surface area contributed by atoms with E-state index in [1.165, 1.54) is 0 Å². The largest absolute Gasteiger partial charge is 0.340 e. The highest BCUT2D eigenvalue weighted by Gasteiger charge is 2.22. The van der Waals surface area contributed by atoms with Crippen LogP contribution in [-0.4, -0.2) is 23.9 Å². The van der Waals surface area contributed by atoms with Gasteiger partial charge in [0.15, 0.2) is 0 Å². The number of likely N-dealkylation sites (N-methyl/N-ethyl adjacent to an activating group) is 1. The first-order chi connectivity index (χ1) is 8.60. The van der Waals surface area contributed by atoms with Gasteiger partial charge in [0.05, 0.1) is 12.0 Å². The van der Waals surface area contributed by atoms with E-state index in [9.17, 15) is 4.79 Å². The minimum atomic E-state index is -0.656. The molecule has 0 heterocycles. The lowest BCUT2D eigenvalue weighted by atomic mass is 10.1. The van der Waals surface area contributed by atoms with Crippen molar-refractivity contribution in [3.8, 4) is 6.07 Å². The Bertz CT molecular complexity index is 424. The fourth-order valence-corrected chi connectivity index (χ4v) is 1.75. The van der Waals surface area contributed by atoms with Crippen LogP contribution in [0.25, 0.3) is 0 Å². The number of rotatable bonds is 5. The summed E-state index contributed by atoms with van der Waals surface area (Å²) in [5.41, 5.74) is 6.75. The molecule has 18 heavy (non-hydrogen) atoms. The summed E-state index contributed by atoms with van der Waals surface area (Å²) in [5, 5.41) is 8.80. The van der Waals surface area contributed by atoms with Crippen LogP contribution in [-0.2, 0) is 4.79 Å². The van der Waals surface area contributed by atoms with Crippen LogP contribution in [0.15, 0.2) is 30.3 Å². The molecule has 1 unspecified atom stereocenters. The molecule has 4 heteroatoms. The lowest BCUT2D eigenvalue weighted by molar-refractivity contribution is -0.132. The highest BCUT2D eigenvalue weighted by Crippen LogP contribution is 2.13. The maximum atomic E-state index is 12.2. The Kier molecular flexibility index (Phi) is 5.34. The number of carbonyl (C=O) groups excluding carboxylic acids is 1. The summed E-state index contributed by atoms with van der Waals surface area (Å²) in [6, 6.07) is 10.7. The summed E-state index contributed by atoms with van der Waals surface area (Å²) in [5.74, 6) is -0.317. The Labute approximate surface area is 108 Å². The number of hydrogen-bond donors (Lipinski definition) is 1. The number of carbonyl (C=O) groups is 1. The summed E-state index contributed by atoms with van der Waals surface area (Å²) >= 11 is 0. The molecule has 0 aliphatic rings. The quantitative estimate of drug-likeness (QED) is 0.858. The average molecular weight is 245 g/mol. The molecule has 0 aromatic heterocycles. The van der Waals surface area contributed by atoms with Crippen LogP contribution in [0.4, 0.5) is 0 Å². The summed E-state index contributed by atoms with van der Waals surface area (Å²) in [4.78, 5) is 13.8. The van der Waals surface area contributed by atoms with Crippen molar-refractivity contribution >= 4 is 5.91 Å². The number of benzene rings is 1. The molecule has 0 bridgehead atoms. The van der Waals surface area contributed by atoms with E-state index in [2.05, 4.69) is 6.07 Å². The van der Waals surface area contributed by atoms with Gasteiger partial charge in [-0.3, -0.25) is 4.79 Å². The highest BCUT2D eigenvalue weighted by atomic mass is 16.2. The zero-order chi connectivity index (χ0) is 13.5. The van der Waals surface area contributed by atoms with Gasteiger partial charge in [-0.15, -0.1) is 0 Å². The number of nitrogens with zero attached hydrogens (tertiary/aromatic N) is 2. The number of nitriles is 1. The molecule has 0 radical (unpaired) electrons. The number of hydrogen-bond acceptors (Lipinski definition) is 3. The third-order valence-electron chi connectivity index (χ3n) is 2.83. The van der Waals surface area contributed by atoms with Gasteiger partial charge >= 0.3 is 0 Å². The van der Waals surface area contributed by atoms with Gasteiger partial charge in [0.2, 0.25) is 5.91 Å². The first-order valence-electron chi connectivity index (χ1n) is 6.09. The second kappa shape index (κ2) is 6.77. The third kappa shape index (κ3) is 3.57. The lowest BCUT2D eigenvalue weighted by Gasteiger charge is -2.25. The van der Waals surface area contributed by atoms with Gasteiger partial charge in [0.1, 0.15) is 6.04 Å². The number of amides is 1. The van der Waals surface area contributed by atoms with Crippen LogP contribution in [0, 0.1) is 17.2 Å². The lowest BCUT2D eigenvalue weighted by Crippen LogP contribution is -2.40. The Morgan fingerprint density at radius 3 is 2.56 bits per heavy atom. The van der Waals surface area contributed by atoms with Crippen LogP contribution in [0.1, 0.15) is 25.5 Å². The second-order valence-corrected chi connectivity index (χ2v) is 4.30. The Hall–Kier alpha value is -1.86. The molecule has 1 aromatic rings. The van der Waals surface area contributed by atoms with Crippen molar-refractivity contribution in [3.05, 3.63) is 35.9 Å². The predicted molar refractivity (Wildman–Crippen MR) is 70.4 cm³/mol. The molecule has 0 spiro atoms. The Balaban J connectivity index is 2.76. The molecular weight excluding hydrogens is 226 g/mol. The van der Waals surface area contributed by atoms with Crippen molar-refractivity contribution in [1.82, 2.24) is 4.90 Å². The maximum absolute atomic E-state index is 12.2. The molecular formula is C14H19N3O. The van der Waals surface area contributed by atoms with Crippen LogP contribution in [0.2, 0.25) is 0 Å². The van der Waals surface area contributed by atoms with Gasteiger partial charge in [0.25, 0.3) is 0 Å². The van der Waals surface area contributed by atoms with Gasteiger partial charge in [-0.1, -0.05) is 30.3 Å². The molecule has 2 N–H and O–H groups in total. The zero-order valence-corrected chi connectivity index (χ0v) is 10.8. The monoisotopic (exact) mass is 245 g/mol. The smallest absolute Gasteiger partial charge is 0.244 e. The molecule has 0 saturated carbocycles. The Morgan fingerprint density at radius 2 is 2.06 bits per heavy atom. The normalized spacial score (nSPS) is 13.4. The molecule has 2 atom stereocenters. The van der Waals surface area contributed by atoms with Crippen molar-refractivity contribution < 1.29 is 4.79 Å². The SMILES string of the molecule is CCN(CC(C)C#N)C(=O)[C@H](N)c1ccccc1. The maximum Gasteiger partial charge on any atom is 0.244 e. The zero-order valence-electron chi connectivity index (χ0n) is 10.8. The van der Waals surface area contributed by atoms with Crippen molar-refractivity contribution in [3.63, 3.8) is 0 Å². The minimum absolute atomic E-state index is 0.134. The Morgan fingerprint density at radius 1 is 1.44 bits per heavy atom. The number of nitrogens with two attached hydrogens (primary N) is 1. The first-order valence-corrected chi connectivity index (χ1v) is 6.09. The van der Waals surface area contributed by atoms with Gasteiger partial charge in [-0.05, 0) is 19.4 Å². The third-order valence-corrected chi connectivity index (χ3v) is 2.83. The van der Waals surface area contributed by atoms with E-state index in [4.69, 9.17) is 11.0 Å². The fourth-order valence-electron chi connectivity index (χ4n) is 1.75. The van der Waals surface area contributed by atoms with Gasteiger partial charge in [0, 0.05) is 13.1 Å². The molecule has 96 valence electrons. The second-order valence-electron chi connectivity index (χ2n) is 4.30. The highest BCUT2D eigenvalue weighted by molar-refractivity contribution is 5.83. The van der Waals surface area contributed by atoms with Crippen molar-refractivity contribution in [2.45, 2.75) is 19.9 Å². The van der Waals surface area contributed by atoms with Crippen LogP contribution < -0.4 is 5.73 Å². The summed E-state index contributed by atoms with van der Waals surface area (Å²) in [7, 11) is 0. The fraction of sp³-hybridized carbons (Fsp3) is 0.429. The molecule has 4 nitrogen and oxygen atoms in total. The average Bonchev–Trinajstić information content (AvgIpc) is 2.43. The van der Waals surface area contributed by atoms with Crippen LogP contribution >= 0.6 is 0 Å². The topological polar surface area (TPSA) is 70.1 Å².